The van der Waals surface area contributed by atoms with Crippen LogP contribution in [0.4, 0.5) is 0 Å². The maximum atomic E-state index is 12.2. The molecule has 19 heavy (non-hydrogen) atoms. The molecule has 1 aromatic carbocycles. The van der Waals surface area contributed by atoms with Gasteiger partial charge in [0.05, 0.1) is 5.75 Å². The summed E-state index contributed by atoms with van der Waals surface area (Å²) in [4.78, 5) is 17.5. The fourth-order valence-corrected chi connectivity index (χ4v) is 2.80. The molecular formula is C15H18N2OS. The molecule has 0 fully saturated rings. The number of carbonyl (C=O) groups excluding carboxylic acids is 1. The number of aromatic nitrogens is 2. The van der Waals surface area contributed by atoms with Gasteiger partial charge in [0.15, 0.2) is 5.82 Å². The molecule has 1 aromatic heterocycles. The molecule has 0 aliphatic heterocycles. The SMILES string of the molecule is CCCn1ccnc1C(=O)CSc1ccccc1C. The van der Waals surface area contributed by atoms with Crippen molar-refractivity contribution in [3.63, 3.8) is 0 Å². The second kappa shape index (κ2) is 6.57. The lowest BCUT2D eigenvalue weighted by atomic mass is 10.2. The predicted octanol–water partition coefficient (Wildman–Crippen LogP) is 3.58. The highest BCUT2D eigenvalue weighted by Gasteiger charge is 2.13. The topological polar surface area (TPSA) is 34.9 Å². The maximum Gasteiger partial charge on any atom is 0.208 e. The van der Waals surface area contributed by atoms with Crippen LogP contribution in [0.3, 0.4) is 0 Å². The van der Waals surface area contributed by atoms with Crippen molar-refractivity contribution in [1.82, 2.24) is 9.55 Å². The van der Waals surface area contributed by atoms with E-state index in [-0.39, 0.29) is 5.78 Å². The van der Waals surface area contributed by atoms with Gasteiger partial charge in [-0.3, -0.25) is 4.79 Å². The molecule has 0 radical (unpaired) electrons. The van der Waals surface area contributed by atoms with Crippen LogP contribution in [0.5, 0.6) is 0 Å². The van der Waals surface area contributed by atoms with Crippen molar-refractivity contribution < 1.29 is 4.79 Å². The normalized spacial score (nSPS) is 10.6. The molecule has 100 valence electrons. The molecule has 0 spiro atoms. The third kappa shape index (κ3) is 3.47. The smallest absolute Gasteiger partial charge is 0.208 e. The first-order valence-electron chi connectivity index (χ1n) is 6.45. The summed E-state index contributed by atoms with van der Waals surface area (Å²) < 4.78 is 1.93. The molecule has 3 nitrogen and oxygen atoms in total. The summed E-state index contributed by atoms with van der Waals surface area (Å²) in [6.45, 7) is 5.00. The zero-order chi connectivity index (χ0) is 13.7. The van der Waals surface area contributed by atoms with Gasteiger partial charge in [-0.25, -0.2) is 4.98 Å². The second-order valence-corrected chi connectivity index (χ2v) is 5.44. The number of rotatable bonds is 6. The summed E-state index contributed by atoms with van der Waals surface area (Å²) in [6.07, 6.45) is 4.57. The number of hydrogen-bond donors (Lipinski definition) is 0. The fraction of sp³-hybridized carbons (Fsp3) is 0.333. The van der Waals surface area contributed by atoms with Gasteiger partial charge in [0.2, 0.25) is 5.78 Å². The number of benzene rings is 1. The molecule has 0 bridgehead atoms. The summed E-state index contributed by atoms with van der Waals surface area (Å²) in [5, 5.41) is 0. The van der Waals surface area contributed by atoms with Gasteiger partial charge < -0.3 is 4.57 Å². The van der Waals surface area contributed by atoms with Crippen LogP contribution in [0.1, 0.15) is 29.5 Å². The summed E-state index contributed by atoms with van der Waals surface area (Å²) in [5.74, 6) is 1.10. The van der Waals surface area contributed by atoms with E-state index in [0.29, 0.717) is 11.6 Å². The Morgan fingerprint density at radius 1 is 1.37 bits per heavy atom. The highest BCUT2D eigenvalue weighted by Crippen LogP contribution is 2.22. The van der Waals surface area contributed by atoms with E-state index in [2.05, 4.69) is 24.9 Å². The van der Waals surface area contributed by atoms with Crippen LogP contribution >= 0.6 is 11.8 Å². The Kier molecular flexibility index (Phi) is 4.80. The van der Waals surface area contributed by atoms with Crippen molar-refractivity contribution in [1.29, 1.82) is 0 Å². The largest absolute Gasteiger partial charge is 0.329 e. The van der Waals surface area contributed by atoms with E-state index in [1.165, 1.54) is 5.56 Å². The van der Waals surface area contributed by atoms with Crippen LogP contribution in [-0.2, 0) is 6.54 Å². The van der Waals surface area contributed by atoms with Gasteiger partial charge in [0.25, 0.3) is 0 Å². The fourth-order valence-electron chi connectivity index (χ4n) is 1.91. The summed E-state index contributed by atoms with van der Waals surface area (Å²) >= 11 is 1.58. The van der Waals surface area contributed by atoms with E-state index in [4.69, 9.17) is 0 Å². The van der Waals surface area contributed by atoms with Crippen LogP contribution in [0.2, 0.25) is 0 Å². The average Bonchev–Trinajstić information content (AvgIpc) is 2.86. The lowest BCUT2D eigenvalue weighted by Crippen LogP contribution is -2.12. The molecule has 0 aliphatic carbocycles. The number of Topliss-reactive ketones (excluding diaryl/α,β-unsaturated/α-hetero) is 1. The molecular weight excluding hydrogens is 256 g/mol. The molecule has 2 aromatic rings. The molecule has 0 amide bonds. The van der Waals surface area contributed by atoms with Crippen LogP contribution in [0, 0.1) is 6.92 Å². The standard InChI is InChI=1S/C15H18N2OS/c1-3-9-17-10-8-16-15(17)13(18)11-19-14-7-5-4-6-12(14)2/h4-8,10H,3,9,11H2,1-2H3. The van der Waals surface area contributed by atoms with Gasteiger partial charge in [0, 0.05) is 23.8 Å². The van der Waals surface area contributed by atoms with Gasteiger partial charge >= 0.3 is 0 Å². The highest BCUT2D eigenvalue weighted by molar-refractivity contribution is 8.00. The Hall–Kier alpha value is -1.55. The number of imidazole rings is 1. The average molecular weight is 274 g/mol. The first-order chi connectivity index (χ1) is 9.22. The molecule has 0 aliphatic rings. The number of carbonyl (C=O) groups is 1. The molecule has 0 atom stereocenters. The Balaban J connectivity index is 2.02. The van der Waals surface area contributed by atoms with Crippen molar-refractivity contribution in [2.75, 3.05) is 5.75 Å². The quantitative estimate of drug-likeness (QED) is 0.596. The molecule has 1 heterocycles. The van der Waals surface area contributed by atoms with Gasteiger partial charge in [0.1, 0.15) is 0 Å². The third-order valence-corrected chi connectivity index (χ3v) is 4.06. The van der Waals surface area contributed by atoms with Crippen molar-refractivity contribution in [2.24, 2.45) is 0 Å². The zero-order valence-electron chi connectivity index (χ0n) is 11.3. The van der Waals surface area contributed by atoms with Gasteiger partial charge in [-0.15, -0.1) is 11.8 Å². The second-order valence-electron chi connectivity index (χ2n) is 4.42. The highest BCUT2D eigenvalue weighted by atomic mass is 32.2. The monoisotopic (exact) mass is 274 g/mol. The summed E-state index contributed by atoms with van der Waals surface area (Å²) in [6, 6.07) is 8.11. The number of ketones is 1. The maximum absolute atomic E-state index is 12.2. The minimum Gasteiger partial charge on any atom is -0.329 e. The van der Waals surface area contributed by atoms with E-state index < -0.39 is 0 Å². The minimum atomic E-state index is 0.0895. The zero-order valence-corrected chi connectivity index (χ0v) is 12.1. The van der Waals surface area contributed by atoms with Crippen LogP contribution in [0.25, 0.3) is 0 Å². The molecule has 0 unspecified atom stereocenters. The van der Waals surface area contributed by atoms with Crippen molar-refractivity contribution in [2.45, 2.75) is 31.7 Å². The van der Waals surface area contributed by atoms with Crippen molar-refractivity contribution >= 4 is 17.5 Å². The van der Waals surface area contributed by atoms with E-state index in [1.54, 1.807) is 18.0 Å². The Labute approximate surface area is 118 Å². The van der Waals surface area contributed by atoms with E-state index in [1.807, 2.05) is 29.0 Å². The Morgan fingerprint density at radius 2 is 2.16 bits per heavy atom. The van der Waals surface area contributed by atoms with Gasteiger partial charge in [-0.2, -0.15) is 0 Å². The Morgan fingerprint density at radius 3 is 2.89 bits per heavy atom. The minimum absolute atomic E-state index is 0.0895. The molecule has 0 N–H and O–H groups in total. The van der Waals surface area contributed by atoms with Crippen LogP contribution < -0.4 is 0 Å². The van der Waals surface area contributed by atoms with Gasteiger partial charge in [-0.1, -0.05) is 25.1 Å². The number of thioether (sulfide) groups is 1. The van der Waals surface area contributed by atoms with E-state index in [9.17, 15) is 4.79 Å². The predicted molar refractivity (Wildman–Crippen MR) is 78.8 cm³/mol. The van der Waals surface area contributed by atoms with E-state index in [0.717, 1.165) is 17.9 Å². The number of hydrogen-bond acceptors (Lipinski definition) is 3. The molecule has 2 rings (SSSR count). The molecule has 4 heteroatoms. The molecule has 0 saturated heterocycles. The van der Waals surface area contributed by atoms with Crippen LogP contribution in [-0.4, -0.2) is 21.1 Å². The summed E-state index contributed by atoms with van der Waals surface area (Å²) in [5.41, 5.74) is 1.21. The third-order valence-electron chi connectivity index (χ3n) is 2.88. The lowest BCUT2D eigenvalue weighted by Gasteiger charge is -2.06. The molecule has 0 saturated carbocycles. The number of aryl methyl sites for hydroxylation is 2. The first kappa shape index (κ1) is 13.9. The number of nitrogens with zero attached hydrogens (tertiary/aromatic N) is 2. The summed E-state index contributed by atoms with van der Waals surface area (Å²) in [7, 11) is 0. The van der Waals surface area contributed by atoms with Crippen molar-refractivity contribution in [3.8, 4) is 0 Å². The van der Waals surface area contributed by atoms with Crippen molar-refractivity contribution in [3.05, 3.63) is 48.0 Å². The van der Waals surface area contributed by atoms with E-state index >= 15 is 0 Å². The lowest BCUT2D eigenvalue weighted by molar-refractivity contribution is 0.100. The first-order valence-corrected chi connectivity index (χ1v) is 7.43. The van der Waals surface area contributed by atoms with Crippen LogP contribution in [0.15, 0.2) is 41.6 Å². The van der Waals surface area contributed by atoms with Gasteiger partial charge in [-0.05, 0) is 25.0 Å². The Bertz CT molecular complexity index is 563.